The fourth-order valence-electron chi connectivity index (χ4n) is 6.46. The van der Waals surface area contributed by atoms with Crippen molar-refractivity contribution in [3.05, 3.63) is 138 Å². The number of para-hydroxylation sites is 3. The number of hydrogen-bond acceptors (Lipinski definition) is 1. The summed E-state index contributed by atoms with van der Waals surface area (Å²) >= 11 is 0. The molecule has 0 bridgehead atoms. The number of fused-ring (bicyclic) bond motifs is 6. The Labute approximate surface area is 232 Å². The molecular formula is C37H25N3. The third kappa shape index (κ3) is 3.37. The Morgan fingerprint density at radius 1 is 0.575 bits per heavy atom. The maximum atomic E-state index is 10.0. The van der Waals surface area contributed by atoms with Gasteiger partial charge in [0.15, 0.2) is 0 Å². The molecule has 188 valence electrons. The van der Waals surface area contributed by atoms with Crippen LogP contribution in [0.4, 0.5) is 0 Å². The second-order valence-corrected chi connectivity index (χ2v) is 10.5. The molecule has 3 heteroatoms. The van der Waals surface area contributed by atoms with E-state index in [1.165, 1.54) is 44.0 Å². The van der Waals surface area contributed by atoms with Gasteiger partial charge in [0, 0.05) is 33.2 Å². The Bertz CT molecular complexity index is 2130. The minimum absolute atomic E-state index is 0.654. The molecule has 5 aromatic carbocycles. The highest BCUT2D eigenvalue weighted by Gasteiger charge is 2.19. The predicted molar refractivity (Wildman–Crippen MR) is 165 cm³/mol. The van der Waals surface area contributed by atoms with Crippen molar-refractivity contribution in [2.75, 3.05) is 0 Å². The summed E-state index contributed by atoms with van der Waals surface area (Å²) in [6, 6.07) is 43.1. The maximum Gasteiger partial charge on any atom is 0.0992 e. The summed E-state index contributed by atoms with van der Waals surface area (Å²) in [5.41, 5.74) is 11.0. The highest BCUT2D eigenvalue weighted by atomic mass is 15.0. The average molecular weight is 512 g/mol. The first-order chi connectivity index (χ1) is 19.8. The molecule has 7 aromatic rings. The molecule has 0 amide bonds. The Morgan fingerprint density at radius 2 is 1.23 bits per heavy atom. The van der Waals surface area contributed by atoms with Gasteiger partial charge in [0.1, 0.15) is 0 Å². The summed E-state index contributed by atoms with van der Waals surface area (Å²) in [6.07, 6.45) is 6.58. The first-order valence-electron chi connectivity index (χ1n) is 13.7. The van der Waals surface area contributed by atoms with Gasteiger partial charge < -0.3 is 9.13 Å². The SMILES string of the molecule is N#Cc1cc(-c2cccc(-n3c4ccccc4c4ccccc43)c2)cc(-n2c3c(c4ccccc42)CCC=C3)c1. The number of nitriles is 1. The van der Waals surface area contributed by atoms with Crippen molar-refractivity contribution in [2.45, 2.75) is 12.8 Å². The zero-order valence-corrected chi connectivity index (χ0v) is 21.9. The van der Waals surface area contributed by atoms with E-state index in [0.29, 0.717) is 5.56 Å². The van der Waals surface area contributed by atoms with Gasteiger partial charge in [0.2, 0.25) is 0 Å². The van der Waals surface area contributed by atoms with E-state index in [1.54, 1.807) is 0 Å². The Balaban J connectivity index is 1.34. The van der Waals surface area contributed by atoms with E-state index in [4.69, 9.17) is 0 Å². The van der Waals surface area contributed by atoms with Crippen molar-refractivity contribution in [3.63, 3.8) is 0 Å². The molecule has 8 rings (SSSR count). The molecule has 0 fully saturated rings. The van der Waals surface area contributed by atoms with Crippen LogP contribution in [0.1, 0.15) is 23.2 Å². The summed E-state index contributed by atoms with van der Waals surface area (Å²) in [6.45, 7) is 0. The lowest BCUT2D eigenvalue weighted by Crippen LogP contribution is -2.01. The number of allylic oxidation sites excluding steroid dienone is 1. The van der Waals surface area contributed by atoms with Crippen LogP contribution in [0.5, 0.6) is 0 Å². The van der Waals surface area contributed by atoms with Crippen molar-refractivity contribution in [1.29, 1.82) is 5.26 Å². The normalized spacial score (nSPS) is 12.7. The number of hydrogen-bond donors (Lipinski definition) is 0. The molecule has 0 unspecified atom stereocenters. The van der Waals surface area contributed by atoms with Crippen molar-refractivity contribution in [1.82, 2.24) is 9.13 Å². The predicted octanol–water partition coefficient (Wildman–Crippen LogP) is 9.23. The minimum atomic E-state index is 0.654. The fraction of sp³-hybridized carbons (Fsp3) is 0.0541. The fourth-order valence-corrected chi connectivity index (χ4v) is 6.46. The molecule has 0 N–H and O–H groups in total. The van der Waals surface area contributed by atoms with E-state index in [0.717, 1.165) is 35.3 Å². The molecule has 0 spiro atoms. The number of rotatable bonds is 3. The standard InChI is InChI=1S/C37H25N3/c38-24-25-20-27(23-29(21-25)40-36-18-7-3-14-32(36)33-15-4-8-19-37(33)40)26-10-9-11-28(22-26)39-34-16-5-1-12-30(34)31-13-2-6-17-35(31)39/h1-3,5-14,16-23H,4,15H2. The lowest BCUT2D eigenvalue weighted by atomic mass is 10.0. The first-order valence-corrected chi connectivity index (χ1v) is 13.7. The van der Waals surface area contributed by atoms with E-state index in [1.807, 2.05) is 12.1 Å². The van der Waals surface area contributed by atoms with E-state index in [-0.39, 0.29) is 0 Å². The molecule has 0 saturated heterocycles. The Kier molecular flexibility index (Phi) is 5.02. The van der Waals surface area contributed by atoms with Crippen LogP contribution in [0, 0.1) is 11.3 Å². The van der Waals surface area contributed by atoms with Gasteiger partial charge in [0.25, 0.3) is 0 Å². The maximum absolute atomic E-state index is 10.0. The van der Waals surface area contributed by atoms with Gasteiger partial charge in [-0.2, -0.15) is 5.26 Å². The van der Waals surface area contributed by atoms with Gasteiger partial charge in [-0.15, -0.1) is 0 Å². The number of benzene rings is 5. The third-order valence-corrected chi connectivity index (χ3v) is 8.18. The molecule has 0 radical (unpaired) electrons. The molecular weight excluding hydrogens is 486 g/mol. The summed E-state index contributed by atoms with van der Waals surface area (Å²) in [5, 5.41) is 13.8. The van der Waals surface area contributed by atoms with Gasteiger partial charge in [-0.1, -0.05) is 72.8 Å². The average Bonchev–Trinajstić information content (AvgIpc) is 3.54. The van der Waals surface area contributed by atoms with E-state index in [9.17, 15) is 5.26 Å². The number of aromatic nitrogens is 2. The van der Waals surface area contributed by atoms with Gasteiger partial charge >= 0.3 is 0 Å². The van der Waals surface area contributed by atoms with Crippen molar-refractivity contribution in [2.24, 2.45) is 0 Å². The molecule has 1 aliphatic rings. The second kappa shape index (κ2) is 8.86. The van der Waals surface area contributed by atoms with Gasteiger partial charge in [-0.05, 0) is 84.1 Å². The van der Waals surface area contributed by atoms with Crippen molar-refractivity contribution in [3.8, 4) is 28.6 Å². The van der Waals surface area contributed by atoms with Gasteiger partial charge in [-0.25, -0.2) is 0 Å². The number of aryl methyl sites for hydroxylation is 1. The highest BCUT2D eigenvalue weighted by Crippen LogP contribution is 2.37. The second-order valence-electron chi connectivity index (χ2n) is 10.5. The van der Waals surface area contributed by atoms with Crippen LogP contribution < -0.4 is 0 Å². The third-order valence-electron chi connectivity index (χ3n) is 8.18. The summed E-state index contributed by atoms with van der Waals surface area (Å²) < 4.78 is 4.66. The lowest BCUT2D eigenvalue weighted by Gasteiger charge is -2.15. The molecule has 2 aromatic heterocycles. The van der Waals surface area contributed by atoms with Crippen LogP contribution in [0.3, 0.4) is 0 Å². The summed E-state index contributed by atoms with van der Waals surface area (Å²) in [4.78, 5) is 0. The molecule has 3 nitrogen and oxygen atoms in total. The van der Waals surface area contributed by atoms with Crippen LogP contribution in [0.15, 0.2) is 121 Å². The number of nitrogens with zero attached hydrogens (tertiary/aromatic N) is 3. The summed E-state index contributed by atoms with van der Waals surface area (Å²) in [5.74, 6) is 0. The van der Waals surface area contributed by atoms with E-state index in [2.05, 4.69) is 130 Å². The molecule has 2 heterocycles. The van der Waals surface area contributed by atoms with Crippen LogP contribution >= 0.6 is 0 Å². The molecule has 1 aliphatic carbocycles. The van der Waals surface area contributed by atoms with Crippen LogP contribution in [-0.2, 0) is 6.42 Å². The zero-order chi connectivity index (χ0) is 26.6. The molecule has 0 aliphatic heterocycles. The lowest BCUT2D eigenvalue weighted by molar-refractivity contribution is 0.967. The van der Waals surface area contributed by atoms with Crippen molar-refractivity contribution >= 4 is 38.8 Å². The van der Waals surface area contributed by atoms with Crippen LogP contribution in [0.25, 0.3) is 61.3 Å². The van der Waals surface area contributed by atoms with Gasteiger partial charge in [-0.3, -0.25) is 0 Å². The van der Waals surface area contributed by atoms with E-state index < -0.39 is 0 Å². The Morgan fingerprint density at radius 3 is 1.95 bits per heavy atom. The van der Waals surface area contributed by atoms with E-state index >= 15 is 0 Å². The topological polar surface area (TPSA) is 33.6 Å². The smallest absolute Gasteiger partial charge is 0.0992 e. The zero-order valence-electron chi connectivity index (χ0n) is 21.9. The van der Waals surface area contributed by atoms with Crippen LogP contribution in [-0.4, -0.2) is 9.13 Å². The van der Waals surface area contributed by atoms with Gasteiger partial charge in [0.05, 0.1) is 28.2 Å². The monoisotopic (exact) mass is 511 g/mol. The highest BCUT2D eigenvalue weighted by molar-refractivity contribution is 6.09. The molecule has 40 heavy (non-hydrogen) atoms. The van der Waals surface area contributed by atoms with Crippen molar-refractivity contribution < 1.29 is 0 Å². The first kappa shape index (κ1) is 22.6. The molecule has 0 atom stereocenters. The van der Waals surface area contributed by atoms with Crippen LogP contribution in [0.2, 0.25) is 0 Å². The molecule has 0 saturated carbocycles. The Hall–Kier alpha value is -5.33. The summed E-state index contributed by atoms with van der Waals surface area (Å²) in [7, 11) is 0. The largest absolute Gasteiger partial charge is 0.310 e. The quantitative estimate of drug-likeness (QED) is 0.233. The minimum Gasteiger partial charge on any atom is -0.310 e.